The minimum absolute atomic E-state index is 0.0757. The maximum Gasteiger partial charge on any atom is 0.362 e. The standard InChI is InChI=1S/C12H15N5O8S2/c1-5(18)25-3-7-9(11(20)17(7)27(21,22)23)15-10(19)8(16-24-2)6-4-26-12(13)14-6/h4,7,9H,3H2,1-2H3,(H2,13,14)(H,15,19)(H,21,22,23)/t7-,9-/m1/s1. The summed E-state index contributed by atoms with van der Waals surface area (Å²) < 4.78 is 36.5. The van der Waals surface area contributed by atoms with Gasteiger partial charge in [0.15, 0.2) is 10.8 Å². The van der Waals surface area contributed by atoms with Gasteiger partial charge in [-0.05, 0) is 0 Å². The summed E-state index contributed by atoms with van der Waals surface area (Å²) in [6, 6.07) is -2.72. The Bertz CT molecular complexity index is 895. The van der Waals surface area contributed by atoms with Crippen LogP contribution in [0.3, 0.4) is 0 Å². The highest BCUT2D eigenvalue weighted by Crippen LogP contribution is 2.24. The number of carbonyl (C=O) groups is 3. The monoisotopic (exact) mass is 421 g/mol. The van der Waals surface area contributed by atoms with E-state index in [4.69, 9.17) is 10.3 Å². The van der Waals surface area contributed by atoms with Crippen LogP contribution < -0.4 is 11.1 Å². The number of ether oxygens (including phenoxy) is 1. The zero-order chi connectivity index (χ0) is 20.4. The van der Waals surface area contributed by atoms with E-state index in [1.165, 1.54) is 12.5 Å². The van der Waals surface area contributed by atoms with Gasteiger partial charge >= 0.3 is 16.3 Å². The minimum atomic E-state index is -4.90. The van der Waals surface area contributed by atoms with E-state index in [2.05, 4.69) is 25.0 Å². The highest BCUT2D eigenvalue weighted by Gasteiger charge is 2.54. The Morgan fingerprint density at radius 1 is 1.52 bits per heavy atom. The molecular formula is C12H15N5O8S2. The van der Waals surface area contributed by atoms with Gasteiger partial charge in [-0.15, -0.1) is 11.3 Å². The van der Waals surface area contributed by atoms with Crippen LogP contribution in [0.4, 0.5) is 5.13 Å². The van der Waals surface area contributed by atoms with Crippen LogP contribution in [0.25, 0.3) is 0 Å². The number of hydrogen-bond donors (Lipinski definition) is 3. The van der Waals surface area contributed by atoms with Crippen LogP contribution in [0.2, 0.25) is 0 Å². The van der Waals surface area contributed by atoms with Crippen LogP contribution in [0, 0.1) is 0 Å². The highest BCUT2D eigenvalue weighted by molar-refractivity contribution is 7.84. The van der Waals surface area contributed by atoms with Gasteiger partial charge in [-0.25, -0.2) is 9.29 Å². The molecule has 0 aliphatic carbocycles. The van der Waals surface area contributed by atoms with E-state index >= 15 is 0 Å². The molecule has 148 valence electrons. The molecular weight excluding hydrogens is 406 g/mol. The lowest BCUT2D eigenvalue weighted by Crippen LogP contribution is -2.73. The summed E-state index contributed by atoms with van der Waals surface area (Å²) in [5.41, 5.74) is 5.27. The predicted octanol–water partition coefficient (Wildman–Crippen LogP) is -1.86. The van der Waals surface area contributed by atoms with Crippen molar-refractivity contribution in [1.82, 2.24) is 14.6 Å². The largest absolute Gasteiger partial charge is 0.464 e. The summed E-state index contributed by atoms with van der Waals surface area (Å²) in [6.07, 6.45) is 0. The van der Waals surface area contributed by atoms with Crippen molar-refractivity contribution < 1.29 is 36.9 Å². The fourth-order valence-corrected chi connectivity index (χ4v) is 3.64. The van der Waals surface area contributed by atoms with E-state index in [0.717, 1.165) is 18.3 Å². The van der Waals surface area contributed by atoms with Gasteiger partial charge in [0, 0.05) is 12.3 Å². The number of thiazole rings is 1. The lowest BCUT2D eigenvalue weighted by molar-refractivity contribution is -0.154. The highest BCUT2D eigenvalue weighted by atomic mass is 32.2. The third-order valence-corrected chi connectivity index (χ3v) is 4.95. The van der Waals surface area contributed by atoms with Crippen LogP contribution >= 0.6 is 11.3 Å². The van der Waals surface area contributed by atoms with Gasteiger partial charge in [-0.2, -0.15) is 8.42 Å². The lowest BCUT2D eigenvalue weighted by Gasteiger charge is -2.43. The number of esters is 1. The molecule has 15 heteroatoms. The first-order chi connectivity index (χ1) is 12.6. The first kappa shape index (κ1) is 20.5. The third kappa shape index (κ3) is 4.50. The molecule has 0 saturated carbocycles. The molecule has 1 aliphatic rings. The van der Waals surface area contributed by atoms with Crippen LogP contribution in [0.5, 0.6) is 0 Å². The molecule has 1 aromatic rings. The van der Waals surface area contributed by atoms with E-state index in [1.54, 1.807) is 0 Å². The summed E-state index contributed by atoms with van der Waals surface area (Å²) in [6.45, 7) is 0.508. The zero-order valence-corrected chi connectivity index (χ0v) is 15.6. The molecule has 13 nitrogen and oxygen atoms in total. The SMILES string of the molecule is CON=C(C(=O)N[C@H]1C(=O)N(S(=O)(=O)O)[C@@H]1COC(C)=O)c1csc(N)n1. The average molecular weight is 421 g/mol. The van der Waals surface area contributed by atoms with Crippen LogP contribution in [-0.2, 0) is 34.3 Å². The molecule has 1 aliphatic heterocycles. The summed E-state index contributed by atoms with van der Waals surface area (Å²) in [5.74, 6) is -2.77. The van der Waals surface area contributed by atoms with Crippen molar-refractivity contribution in [2.75, 3.05) is 19.5 Å². The molecule has 0 spiro atoms. The Morgan fingerprint density at radius 2 is 2.19 bits per heavy atom. The van der Waals surface area contributed by atoms with Gasteiger partial charge in [0.25, 0.3) is 11.8 Å². The van der Waals surface area contributed by atoms with E-state index in [1.807, 2.05) is 0 Å². The first-order valence-corrected chi connectivity index (χ1v) is 9.41. The molecule has 2 atom stereocenters. The normalized spacial score (nSPS) is 20.0. The minimum Gasteiger partial charge on any atom is -0.464 e. The molecule has 0 bridgehead atoms. The Hall–Kier alpha value is -2.78. The van der Waals surface area contributed by atoms with E-state index in [9.17, 15) is 22.8 Å². The fraction of sp³-hybridized carbons (Fsp3) is 0.417. The number of β-lactam (4-membered cyclic amide) rings is 1. The molecule has 1 aromatic heterocycles. The zero-order valence-electron chi connectivity index (χ0n) is 14.0. The predicted molar refractivity (Wildman–Crippen MR) is 90.8 cm³/mol. The van der Waals surface area contributed by atoms with E-state index in [-0.39, 0.29) is 20.8 Å². The van der Waals surface area contributed by atoms with Gasteiger partial charge in [-0.3, -0.25) is 18.9 Å². The first-order valence-electron chi connectivity index (χ1n) is 7.13. The van der Waals surface area contributed by atoms with Crippen molar-refractivity contribution in [3.63, 3.8) is 0 Å². The Morgan fingerprint density at radius 3 is 2.67 bits per heavy atom. The molecule has 2 rings (SSSR count). The molecule has 2 heterocycles. The number of nitrogens with two attached hydrogens (primary N) is 1. The number of anilines is 1. The Kier molecular flexibility index (Phi) is 5.97. The van der Waals surface area contributed by atoms with Crippen molar-refractivity contribution in [2.45, 2.75) is 19.0 Å². The number of amides is 2. The Balaban J connectivity index is 2.22. The number of nitrogens with zero attached hydrogens (tertiary/aromatic N) is 3. The smallest absolute Gasteiger partial charge is 0.362 e. The average Bonchev–Trinajstić information content (AvgIpc) is 2.98. The number of rotatable bonds is 7. The second kappa shape index (κ2) is 7.85. The second-order valence-corrected chi connectivity index (χ2v) is 7.31. The molecule has 4 N–H and O–H groups in total. The molecule has 1 fully saturated rings. The van der Waals surface area contributed by atoms with Gasteiger partial charge in [0.05, 0.1) is 0 Å². The topological polar surface area (TPSA) is 191 Å². The van der Waals surface area contributed by atoms with Gasteiger partial charge < -0.3 is 20.6 Å². The number of hydrogen-bond acceptors (Lipinski definition) is 11. The maximum atomic E-state index is 12.4. The maximum absolute atomic E-state index is 12.4. The number of nitrogens with one attached hydrogen (secondary N) is 1. The molecule has 0 aromatic carbocycles. The van der Waals surface area contributed by atoms with Gasteiger partial charge in [0.2, 0.25) is 0 Å². The second-order valence-electron chi connectivity index (χ2n) is 5.13. The number of oxime groups is 1. The Labute approximate surface area is 157 Å². The molecule has 0 radical (unpaired) electrons. The summed E-state index contributed by atoms with van der Waals surface area (Å²) in [4.78, 5) is 43.9. The summed E-state index contributed by atoms with van der Waals surface area (Å²) in [7, 11) is -3.72. The number of carbonyl (C=O) groups excluding carboxylic acids is 3. The number of nitrogen functional groups attached to an aromatic ring is 1. The van der Waals surface area contributed by atoms with E-state index < -0.39 is 46.8 Å². The van der Waals surface area contributed by atoms with Crippen molar-refractivity contribution >= 4 is 50.3 Å². The van der Waals surface area contributed by atoms with Crippen molar-refractivity contribution in [3.05, 3.63) is 11.1 Å². The van der Waals surface area contributed by atoms with E-state index in [0.29, 0.717) is 0 Å². The van der Waals surface area contributed by atoms with Crippen molar-refractivity contribution in [3.8, 4) is 0 Å². The van der Waals surface area contributed by atoms with Gasteiger partial charge in [0.1, 0.15) is 31.5 Å². The van der Waals surface area contributed by atoms with Gasteiger partial charge in [-0.1, -0.05) is 5.16 Å². The molecule has 0 unspecified atom stereocenters. The van der Waals surface area contributed by atoms with Crippen LogP contribution in [0.1, 0.15) is 12.6 Å². The number of aromatic nitrogens is 1. The fourth-order valence-electron chi connectivity index (χ4n) is 2.23. The summed E-state index contributed by atoms with van der Waals surface area (Å²) in [5, 5.41) is 7.36. The summed E-state index contributed by atoms with van der Waals surface area (Å²) >= 11 is 1.04. The lowest BCUT2D eigenvalue weighted by atomic mass is 9.99. The molecule has 2 amide bonds. The third-order valence-electron chi connectivity index (χ3n) is 3.32. The van der Waals surface area contributed by atoms with Crippen molar-refractivity contribution in [2.24, 2.45) is 5.16 Å². The van der Waals surface area contributed by atoms with Crippen molar-refractivity contribution in [1.29, 1.82) is 0 Å². The quantitative estimate of drug-likeness (QED) is 0.148. The van der Waals surface area contributed by atoms with Crippen LogP contribution in [0.15, 0.2) is 10.5 Å². The van der Waals surface area contributed by atoms with Crippen LogP contribution in [-0.4, -0.2) is 71.6 Å². The molecule has 1 saturated heterocycles. The molecule has 27 heavy (non-hydrogen) atoms.